The van der Waals surface area contributed by atoms with Crippen LogP contribution in [0.15, 0.2) is 49.1 Å². The first-order chi connectivity index (χ1) is 13.2. The Morgan fingerprint density at radius 3 is 2.96 bits per heavy atom. The lowest BCUT2D eigenvalue weighted by molar-refractivity contribution is -0.121. The molecule has 0 aliphatic carbocycles. The molecule has 1 aliphatic heterocycles. The van der Waals surface area contributed by atoms with Gasteiger partial charge in [0.05, 0.1) is 18.3 Å². The summed E-state index contributed by atoms with van der Waals surface area (Å²) in [5.41, 5.74) is 2.58. The predicted octanol–water partition coefficient (Wildman–Crippen LogP) is 1.21. The molecule has 4 heterocycles. The summed E-state index contributed by atoms with van der Waals surface area (Å²) >= 11 is 0. The van der Waals surface area contributed by atoms with Crippen LogP contribution in [-0.4, -0.2) is 49.8 Å². The van der Waals surface area contributed by atoms with Gasteiger partial charge < -0.3 is 10.2 Å². The van der Waals surface area contributed by atoms with Gasteiger partial charge in [-0.25, -0.2) is 9.97 Å². The third-order valence-corrected chi connectivity index (χ3v) is 4.55. The first-order valence-corrected chi connectivity index (χ1v) is 8.93. The molecule has 0 saturated carbocycles. The molecule has 0 aromatic carbocycles. The van der Waals surface area contributed by atoms with E-state index >= 15 is 0 Å². The standard InChI is InChI=1S/C19H21N7O/c1-25-12-14(11-22-25)17-5-8-21-19(24-17)26-9-6-16(13-26)23-18(27)10-15-4-2-3-7-20-15/h2-5,7-8,11-12,16H,6,9-10,13H2,1H3,(H,23,27). The Morgan fingerprint density at radius 1 is 1.26 bits per heavy atom. The van der Waals surface area contributed by atoms with Gasteiger partial charge >= 0.3 is 0 Å². The second-order valence-electron chi connectivity index (χ2n) is 6.64. The molecule has 1 aliphatic rings. The maximum atomic E-state index is 12.2. The van der Waals surface area contributed by atoms with Crippen LogP contribution in [0.3, 0.4) is 0 Å². The second-order valence-corrected chi connectivity index (χ2v) is 6.64. The number of hydrogen-bond donors (Lipinski definition) is 1. The number of amides is 1. The Balaban J connectivity index is 1.37. The number of carbonyl (C=O) groups excluding carboxylic acids is 1. The lowest BCUT2D eigenvalue weighted by Gasteiger charge is -2.17. The van der Waals surface area contributed by atoms with E-state index in [-0.39, 0.29) is 11.9 Å². The minimum atomic E-state index is -0.00872. The first-order valence-electron chi connectivity index (χ1n) is 8.93. The van der Waals surface area contributed by atoms with E-state index in [9.17, 15) is 4.79 Å². The Hall–Kier alpha value is -3.29. The summed E-state index contributed by atoms with van der Waals surface area (Å²) in [5.74, 6) is 0.670. The van der Waals surface area contributed by atoms with Gasteiger partial charge in [-0.1, -0.05) is 6.07 Å². The number of nitrogens with one attached hydrogen (secondary N) is 1. The van der Waals surface area contributed by atoms with Gasteiger partial charge in [-0.2, -0.15) is 5.10 Å². The minimum Gasteiger partial charge on any atom is -0.351 e. The lowest BCUT2D eigenvalue weighted by Crippen LogP contribution is -2.38. The van der Waals surface area contributed by atoms with E-state index in [2.05, 4.69) is 30.3 Å². The Bertz CT molecular complexity index is 925. The monoisotopic (exact) mass is 363 g/mol. The number of hydrogen-bond acceptors (Lipinski definition) is 6. The van der Waals surface area contributed by atoms with E-state index in [1.54, 1.807) is 23.3 Å². The fourth-order valence-electron chi connectivity index (χ4n) is 3.22. The molecule has 3 aromatic rings. The maximum absolute atomic E-state index is 12.2. The number of carbonyl (C=O) groups is 1. The number of aryl methyl sites for hydroxylation is 1. The van der Waals surface area contributed by atoms with Crippen molar-refractivity contribution in [2.75, 3.05) is 18.0 Å². The average molecular weight is 363 g/mol. The summed E-state index contributed by atoms with van der Waals surface area (Å²) in [6.07, 6.45) is 8.34. The molecular weight excluding hydrogens is 342 g/mol. The molecular formula is C19H21N7O. The van der Waals surface area contributed by atoms with E-state index in [1.165, 1.54) is 0 Å². The van der Waals surface area contributed by atoms with E-state index in [0.29, 0.717) is 18.9 Å². The highest BCUT2D eigenvalue weighted by molar-refractivity contribution is 5.78. The van der Waals surface area contributed by atoms with Crippen LogP contribution >= 0.6 is 0 Å². The van der Waals surface area contributed by atoms with Crippen LogP contribution in [0, 0.1) is 0 Å². The Labute approximate surface area is 157 Å². The maximum Gasteiger partial charge on any atom is 0.226 e. The topological polar surface area (TPSA) is 88.8 Å². The van der Waals surface area contributed by atoms with Crippen LogP contribution in [0.5, 0.6) is 0 Å². The normalized spacial score (nSPS) is 16.5. The van der Waals surface area contributed by atoms with E-state index in [0.717, 1.165) is 29.9 Å². The lowest BCUT2D eigenvalue weighted by atomic mass is 10.2. The SMILES string of the molecule is Cn1cc(-c2ccnc(N3CCC(NC(=O)Cc4ccccn4)C3)n2)cn1. The van der Waals surface area contributed by atoms with Gasteiger partial charge in [-0.05, 0) is 24.6 Å². The predicted molar refractivity (Wildman–Crippen MR) is 101 cm³/mol. The summed E-state index contributed by atoms with van der Waals surface area (Å²) in [5, 5.41) is 7.28. The summed E-state index contributed by atoms with van der Waals surface area (Å²) in [4.78, 5) is 27.6. The van der Waals surface area contributed by atoms with Gasteiger partial charge in [0.1, 0.15) is 0 Å². The van der Waals surface area contributed by atoms with Crippen molar-refractivity contribution < 1.29 is 4.79 Å². The zero-order valence-electron chi connectivity index (χ0n) is 15.1. The number of rotatable bonds is 5. The zero-order chi connectivity index (χ0) is 18.6. The second kappa shape index (κ2) is 7.53. The summed E-state index contributed by atoms with van der Waals surface area (Å²) in [6, 6.07) is 7.56. The molecule has 0 radical (unpaired) electrons. The van der Waals surface area contributed by atoms with Crippen molar-refractivity contribution in [3.8, 4) is 11.3 Å². The van der Waals surface area contributed by atoms with Crippen LogP contribution in [0.1, 0.15) is 12.1 Å². The third kappa shape index (κ3) is 4.11. The quantitative estimate of drug-likeness (QED) is 0.733. The van der Waals surface area contributed by atoms with E-state index in [1.807, 2.05) is 37.5 Å². The summed E-state index contributed by atoms with van der Waals surface area (Å²) in [7, 11) is 1.88. The van der Waals surface area contributed by atoms with Gasteiger partial charge in [-0.3, -0.25) is 14.5 Å². The van der Waals surface area contributed by atoms with Crippen molar-refractivity contribution in [1.82, 2.24) is 30.0 Å². The molecule has 1 unspecified atom stereocenters. The molecule has 8 heteroatoms. The number of nitrogens with zero attached hydrogens (tertiary/aromatic N) is 6. The van der Waals surface area contributed by atoms with Crippen LogP contribution in [-0.2, 0) is 18.3 Å². The Morgan fingerprint density at radius 2 is 2.19 bits per heavy atom. The van der Waals surface area contributed by atoms with Crippen LogP contribution < -0.4 is 10.2 Å². The fourth-order valence-corrected chi connectivity index (χ4v) is 3.22. The molecule has 3 aromatic heterocycles. The fraction of sp³-hybridized carbons (Fsp3) is 0.316. The van der Waals surface area contributed by atoms with Gasteiger partial charge in [0.2, 0.25) is 11.9 Å². The molecule has 1 saturated heterocycles. The van der Waals surface area contributed by atoms with Crippen molar-refractivity contribution >= 4 is 11.9 Å². The van der Waals surface area contributed by atoms with Gasteiger partial charge in [0, 0.05) is 56.0 Å². The first kappa shape index (κ1) is 17.1. The highest BCUT2D eigenvalue weighted by atomic mass is 16.1. The van der Waals surface area contributed by atoms with Crippen molar-refractivity contribution in [2.24, 2.45) is 7.05 Å². The number of anilines is 1. The van der Waals surface area contributed by atoms with Gasteiger partial charge in [-0.15, -0.1) is 0 Å². The third-order valence-electron chi connectivity index (χ3n) is 4.55. The zero-order valence-corrected chi connectivity index (χ0v) is 15.1. The van der Waals surface area contributed by atoms with Crippen LogP contribution in [0.2, 0.25) is 0 Å². The molecule has 0 spiro atoms. The van der Waals surface area contributed by atoms with Crippen LogP contribution in [0.4, 0.5) is 5.95 Å². The van der Waals surface area contributed by atoms with Crippen LogP contribution in [0.25, 0.3) is 11.3 Å². The molecule has 8 nitrogen and oxygen atoms in total. The van der Waals surface area contributed by atoms with Crippen molar-refractivity contribution in [3.63, 3.8) is 0 Å². The van der Waals surface area contributed by atoms with Crippen molar-refractivity contribution in [3.05, 3.63) is 54.7 Å². The number of aromatic nitrogens is 5. The molecule has 138 valence electrons. The highest BCUT2D eigenvalue weighted by Gasteiger charge is 2.26. The molecule has 1 N–H and O–H groups in total. The van der Waals surface area contributed by atoms with E-state index < -0.39 is 0 Å². The highest BCUT2D eigenvalue weighted by Crippen LogP contribution is 2.21. The summed E-state index contributed by atoms with van der Waals surface area (Å²) in [6.45, 7) is 1.51. The van der Waals surface area contributed by atoms with Gasteiger partial charge in [0.15, 0.2) is 0 Å². The molecule has 1 amide bonds. The molecule has 4 rings (SSSR count). The average Bonchev–Trinajstić information content (AvgIpc) is 3.32. The van der Waals surface area contributed by atoms with Gasteiger partial charge in [0.25, 0.3) is 0 Å². The molecule has 0 bridgehead atoms. The Kier molecular flexibility index (Phi) is 4.78. The molecule has 27 heavy (non-hydrogen) atoms. The largest absolute Gasteiger partial charge is 0.351 e. The van der Waals surface area contributed by atoms with Crippen molar-refractivity contribution in [2.45, 2.75) is 18.9 Å². The van der Waals surface area contributed by atoms with E-state index in [4.69, 9.17) is 0 Å². The molecule has 1 atom stereocenters. The summed E-state index contributed by atoms with van der Waals surface area (Å²) < 4.78 is 1.75. The van der Waals surface area contributed by atoms with Crippen molar-refractivity contribution in [1.29, 1.82) is 0 Å². The minimum absolute atomic E-state index is 0.00872. The smallest absolute Gasteiger partial charge is 0.226 e. The molecule has 1 fully saturated rings. The number of pyridine rings is 1.